The molecule has 0 saturated carbocycles. The van der Waals surface area contributed by atoms with Gasteiger partial charge in [-0.25, -0.2) is 5.56 Å². The molecule has 0 N–H and O–H groups in total. The molecule has 2 nitrogen and oxygen atoms in total. The second-order valence-electron chi connectivity index (χ2n) is 18.9. The normalized spacial score (nSPS) is 12.7. The minimum atomic E-state index is -0.0248. The maximum Gasteiger partial charge on any atom is 3.00 e. The molecule has 2 aromatic heterocycles. The molecule has 5 aromatic carbocycles. The number of rotatable bonds is 5. The summed E-state index contributed by atoms with van der Waals surface area (Å²) in [6.07, 6.45) is 0. The Kier molecular flexibility index (Phi) is 11.1. The van der Waals surface area contributed by atoms with Crippen LogP contribution < -0.4 is 4.98 Å². The van der Waals surface area contributed by atoms with Crippen LogP contribution in [0.2, 0.25) is 0 Å². The molecule has 2 heterocycles. The third-order valence-electron chi connectivity index (χ3n) is 10.5. The average Bonchev–Trinajstić information content (AvgIpc) is 3.49. The Balaban J connectivity index is 0.00000514. The van der Waals surface area contributed by atoms with Gasteiger partial charge < -0.3 is 4.98 Å². The van der Waals surface area contributed by atoms with Gasteiger partial charge in [0.2, 0.25) is 0 Å². The first-order valence-corrected chi connectivity index (χ1v) is 20.0. The summed E-state index contributed by atoms with van der Waals surface area (Å²) < 4.78 is 0. The molecule has 0 amide bonds. The van der Waals surface area contributed by atoms with Gasteiger partial charge in [0.15, 0.2) is 0 Å². The van der Waals surface area contributed by atoms with Crippen LogP contribution in [0.4, 0.5) is 0 Å². The zero-order valence-corrected chi connectivity index (χ0v) is 37.4. The maximum absolute atomic E-state index is 5.29. The van der Waals surface area contributed by atoms with Gasteiger partial charge >= 0.3 is 22.4 Å². The van der Waals surface area contributed by atoms with Crippen LogP contribution in [-0.4, -0.2) is 4.98 Å². The van der Waals surface area contributed by atoms with Crippen LogP contribution in [0.25, 0.3) is 55.3 Å². The van der Waals surface area contributed by atoms with Crippen LogP contribution in [0.15, 0.2) is 113 Å². The minimum absolute atomic E-state index is 0. The molecule has 55 heavy (non-hydrogen) atoms. The summed E-state index contributed by atoms with van der Waals surface area (Å²) in [5.74, 6) is 0. The summed E-state index contributed by atoms with van der Waals surface area (Å²) in [5, 5.41) is 3.35. The SMILES string of the molecule is CC(C)(C)c1c[c-]c(-c2[c-]c(-c3cccc(Sc4cc(C(C)(C)C)cc5c4[n-]c4ccc(C(C)(C)C)cc45)n3)cc(-c3ccc(C(C)(C)C)cc3)c2)cc1.[Au+3]. The third-order valence-corrected chi connectivity index (χ3v) is 11.4. The zero-order valence-electron chi connectivity index (χ0n) is 34.4. The van der Waals surface area contributed by atoms with E-state index < -0.39 is 0 Å². The fourth-order valence-corrected chi connectivity index (χ4v) is 7.81. The molecular formula is C51H53AuN2S. The third kappa shape index (κ3) is 8.76. The van der Waals surface area contributed by atoms with Gasteiger partial charge in [0.25, 0.3) is 0 Å². The molecule has 0 bridgehead atoms. The summed E-state index contributed by atoms with van der Waals surface area (Å²) >= 11 is 1.70. The van der Waals surface area contributed by atoms with Crippen molar-refractivity contribution in [3.05, 3.63) is 138 Å². The first-order chi connectivity index (χ1) is 25.2. The van der Waals surface area contributed by atoms with Crippen molar-refractivity contribution in [2.24, 2.45) is 0 Å². The largest absolute Gasteiger partial charge is 3.00 e. The van der Waals surface area contributed by atoms with Crippen LogP contribution >= 0.6 is 11.8 Å². The molecule has 0 radical (unpaired) electrons. The van der Waals surface area contributed by atoms with Gasteiger partial charge in [-0.1, -0.05) is 161 Å². The van der Waals surface area contributed by atoms with Gasteiger partial charge in [-0.15, -0.1) is 34.3 Å². The van der Waals surface area contributed by atoms with E-state index >= 15 is 0 Å². The van der Waals surface area contributed by atoms with E-state index in [0.717, 1.165) is 48.9 Å². The molecule has 4 heteroatoms. The number of nitrogens with zero attached hydrogens (tertiary/aromatic N) is 2. The Morgan fingerprint density at radius 3 is 1.75 bits per heavy atom. The summed E-state index contributed by atoms with van der Waals surface area (Å²) in [5.41, 5.74) is 13.6. The smallest absolute Gasteiger partial charge is 0.656 e. The van der Waals surface area contributed by atoms with E-state index in [1.165, 1.54) is 38.6 Å². The van der Waals surface area contributed by atoms with Crippen molar-refractivity contribution in [2.45, 2.75) is 115 Å². The Hall–Kier alpha value is -3.86. The Labute approximate surface area is 349 Å². The van der Waals surface area contributed by atoms with Gasteiger partial charge in [0.05, 0.1) is 5.03 Å². The van der Waals surface area contributed by atoms with Crippen LogP contribution in [0.3, 0.4) is 0 Å². The standard InChI is InChI=1S/C51H53N2S.Au/c1-48(2,3)37-20-16-32(17-21-37)34-26-35(33-18-22-38(23-19-33)49(4,5)6)28-36(27-34)43-14-13-15-46(52-43)54-45-31-40(51(10,11)12)30-42-41-29-39(50(7,8)9)24-25-44(41)53-47(42)45;/h13-18,20-27,29-31H,1-12H3;/q-3;+3. The van der Waals surface area contributed by atoms with Gasteiger partial charge in [0.1, 0.15) is 0 Å². The molecule has 0 spiro atoms. The number of pyridine rings is 1. The zero-order chi connectivity index (χ0) is 38.8. The summed E-state index contributed by atoms with van der Waals surface area (Å²) in [6, 6.07) is 45.1. The molecule has 0 aliphatic heterocycles. The molecule has 284 valence electrons. The number of hydrogen-bond acceptors (Lipinski definition) is 2. The van der Waals surface area contributed by atoms with E-state index in [2.05, 4.69) is 198 Å². The second-order valence-corrected chi connectivity index (χ2v) is 20.0. The average molecular weight is 923 g/mol. The number of hydrogen-bond donors (Lipinski definition) is 0. The van der Waals surface area contributed by atoms with Crippen molar-refractivity contribution in [3.8, 4) is 33.5 Å². The second kappa shape index (κ2) is 14.9. The molecule has 0 aliphatic carbocycles. The van der Waals surface area contributed by atoms with Crippen molar-refractivity contribution >= 4 is 33.6 Å². The number of aromatic nitrogens is 2. The summed E-state index contributed by atoms with van der Waals surface area (Å²) in [4.78, 5) is 11.6. The number of fused-ring (bicyclic) bond motifs is 3. The Morgan fingerprint density at radius 2 is 1.13 bits per heavy atom. The molecular weight excluding hydrogens is 870 g/mol. The molecule has 0 fully saturated rings. The first-order valence-electron chi connectivity index (χ1n) is 19.2. The molecule has 7 aromatic rings. The fraction of sp³-hybridized carbons (Fsp3) is 0.314. The molecule has 7 rings (SSSR count). The van der Waals surface area contributed by atoms with E-state index in [9.17, 15) is 0 Å². The first kappa shape index (κ1) is 40.8. The molecule has 0 saturated heterocycles. The van der Waals surface area contributed by atoms with Gasteiger partial charge in [-0.3, -0.25) is 4.98 Å². The van der Waals surface area contributed by atoms with Crippen molar-refractivity contribution in [2.75, 3.05) is 0 Å². The van der Waals surface area contributed by atoms with Crippen LogP contribution in [0.1, 0.15) is 105 Å². The van der Waals surface area contributed by atoms with Crippen molar-refractivity contribution in [1.29, 1.82) is 0 Å². The Morgan fingerprint density at radius 1 is 0.527 bits per heavy atom. The number of benzene rings is 5. The van der Waals surface area contributed by atoms with E-state index in [1.807, 2.05) is 0 Å². The predicted molar refractivity (Wildman–Crippen MR) is 232 cm³/mol. The molecule has 0 unspecified atom stereocenters. The van der Waals surface area contributed by atoms with Gasteiger partial charge in [-0.05, 0) is 71.7 Å². The van der Waals surface area contributed by atoms with Crippen LogP contribution in [-0.2, 0) is 44.0 Å². The van der Waals surface area contributed by atoms with E-state index in [-0.39, 0.29) is 44.0 Å². The monoisotopic (exact) mass is 922 g/mol. The van der Waals surface area contributed by atoms with Crippen LogP contribution in [0, 0.1) is 12.1 Å². The molecule has 0 aliphatic rings. The van der Waals surface area contributed by atoms with Crippen molar-refractivity contribution in [3.63, 3.8) is 0 Å². The summed E-state index contributed by atoms with van der Waals surface area (Å²) in [7, 11) is 0. The van der Waals surface area contributed by atoms with Crippen molar-refractivity contribution < 1.29 is 22.4 Å². The van der Waals surface area contributed by atoms with E-state index in [0.29, 0.717) is 0 Å². The quantitative estimate of drug-likeness (QED) is 0.127. The van der Waals surface area contributed by atoms with Gasteiger partial charge in [0, 0.05) is 5.69 Å². The van der Waals surface area contributed by atoms with Crippen LogP contribution in [0.5, 0.6) is 0 Å². The maximum atomic E-state index is 5.29. The van der Waals surface area contributed by atoms with Gasteiger partial charge in [-0.2, -0.15) is 35.9 Å². The molecule has 0 atom stereocenters. The summed E-state index contributed by atoms with van der Waals surface area (Å²) in [6.45, 7) is 27.1. The van der Waals surface area contributed by atoms with E-state index in [1.54, 1.807) is 11.8 Å². The predicted octanol–water partition coefficient (Wildman–Crippen LogP) is 14.3. The fourth-order valence-electron chi connectivity index (χ4n) is 6.85. The topological polar surface area (TPSA) is 27.0 Å². The van der Waals surface area contributed by atoms with E-state index in [4.69, 9.17) is 9.97 Å². The van der Waals surface area contributed by atoms with Crippen molar-refractivity contribution in [1.82, 2.24) is 9.97 Å². The minimum Gasteiger partial charge on any atom is -0.656 e. The Bertz CT molecular complexity index is 2400.